The lowest BCUT2D eigenvalue weighted by atomic mass is 9.78. The van der Waals surface area contributed by atoms with E-state index >= 15 is 0 Å². The summed E-state index contributed by atoms with van der Waals surface area (Å²) < 4.78 is 91.5. The van der Waals surface area contributed by atoms with Crippen molar-refractivity contribution >= 4 is 124 Å². The fraction of sp³-hybridized carbons (Fsp3) is 0.358. The number of hydrogen-bond donors (Lipinski definition) is 13. The standard InChI is InChI=1S/C20H19F2N5O2.C19H17F2N5O2.C19H19N7S.C19H18N6.C18H17N7S.4ClH/c1-27-7-5-11(6-8-27)17-13(9-23)16(14-10-24-26-19(14)25-17)12-3-2-4-15-18(12)29-20(21,22)28-15;20-19(21)27-14-3-1-2-11(17(14)28-19)15-12(8-22)16(10-4-6-23-7-5-10)25-18-13(15)9-24-26-18;1-26-7-5-11(6-8-26)17-13(9-20)16(14-10-21-23-19(14)22-17)12-3-2-4-15-18(12)25-27-24-15;20-9-13-3-1-2-4-14(13)17-15(10-21)18(12-5-7-22-8-6-12)24-19-16(17)11-23-25-19;19-8-12-15(11-2-1-3-14-17(11)25-26-24-14)13-9-21-23-18(13)22-16(12)10-4-6-20-7-5-10;;;;/h2-4,10-11,16H,5-8H2,1H3,(H2,24,25,26);1-3,9-10,15,23H,4-7H2,(H2,24,25,26);2-4,10-11,16H,5-8H2,1H3,(H2,21,22,23);1-4,11-12,17,22H,5-8H2,(H2,23,24,25);1-3,9-10,15,20H,4-7H2,(H2,21,22,23);4*1H. The summed E-state index contributed by atoms with van der Waals surface area (Å²) in [5.41, 5.74) is 20.1. The van der Waals surface area contributed by atoms with Gasteiger partial charge in [0, 0.05) is 97.0 Å². The third-order valence-electron chi connectivity index (χ3n) is 27.4. The van der Waals surface area contributed by atoms with Crippen LogP contribution in [0.2, 0.25) is 0 Å². The molecular weight excluding hydrogens is 1910 g/mol. The minimum Gasteiger partial charge on any atom is -0.395 e. The number of alkyl halides is 4. The Bertz CT molecular complexity index is 6980. The van der Waals surface area contributed by atoms with Crippen molar-refractivity contribution in [2.24, 2.45) is 29.6 Å². The molecule has 5 fully saturated rings. The van der Waals surface area contributed by atoms with Crippen LogP contribution >= 0.6 is 73.1 Å². The van der Waals surface area contributed by atoms with Crippen LogP contribution in [0.4, 0.5) is 46.7 Å². The number of rotatable bonds is 10. The average Bonchev–Trinajstić information content (AvgIpc) is 1.66. The molecule has 12 aromatic rings. The molecule has 24 rings (SSSR count). The SMILES string of the molecule is CN1CCC(C2=C(C#N)C(c3cccc4c3OC(F)(F)O4)c3cn[nH]c3N2)CC1.CN1CCC(C2=C(C#N)C(c3cccc4nsnc34)c3cn[nH]c3N2)CC1.Cl.Cl.Cl.Cl.N#CC1=C(C2CCNCC2)Nc2[nH]ncc2C1c1cccc2c1OC(F)(F)O2.N#CC1=C(C2CCNCC2)Nc2[nH]ncc2C1c1cccc2nsnc12.N#CC1=C(C2CCNCC2)Nc2[nH]ncc2C1c1ccccc1C#N. The van der Waals surface area contributed by atoms with Gasteiger partial charge < -0.3 is 71.3 Å². The van der Waals surface area contributed by atoms with Crippen molar-refractivity contribution in [3.63, 3.8) is 0 Å². The normalized spacial score (nSPS) is 21.2. The summed E-state index contributed by atoms with van der Waals surface area (Å²) in [6.07, 6.45) is 10.8. The third-order valence-corrected chi connectivity index (χ3v) is 28.5. The molecule has 0 aliphatic carbocycles. The average molecular weight is 2000 g/mol. The zero-order chi connectivity index (χ0) is 92.6. The predicted octanol–water partition coefficient (Wildman–Crippen LogP) is 16.6. The van der Waals surface area contributed by atoms with Crippen LogP contribution < -0.4 is 61.5 Å². The fourth-order valence-electron chi connectivity index (χ4n) is 20.8. The highest BCUT2D eigenvalue weighted by Crippen LogP contribution is 2.56. The van der Waals surface area contributed by atoms with E-state index in [1.54, 1.807) is 48.9 Å². The molecule has 5 aromatic carbocycles. The summed E-state index contributed by atoms with van der Waals surface area (Å²) >= 11 is 2.41. The molecule has 12 aliphatic rings. The highest BCUT2D eigenvalue weighted by Gasteiger charge is 2.50. The maximum Gasteiger partial charge on any atom is 0.586 e. The molecule has 5 atom stereocenters. The number of nitriles is 6. The molecule has 7 aromatic heterocycles. The topological polar surface area (TPSA) is 477 Å². The van der Waals surface area contributed by atoms with E-state index in [0.717, 1.165) is 242 Å². The lowest BCUT2D eigenvalue weighted by Crippen LogP contribution is -2.34. The van der Waals surface area contributed by atoms with Gasteiger partial charge in [-0.15, -0.1) is 67.2 Å². The predicted molar refractivity (Wildman–Crippen MR) is 521 cm³/mol. The van der Waals surface area contributed by atoms with E-state index in [0.29, 0.717) is 73.9 Å². The van der Waals surface area contributed by atoms with Crippen LogP contribution in [0.1, 0.15) is 155 Å². The lowest BCUT2D eigenvalue weighted by Gasteiger charge is -2.35. The number of piperidine rings is 5. The zero-order valence-corrected chi connectivity index (χ0v) is 79.6. The Morgan fingerprint density at radius 1 is 0.324 bits per heavy atom. The van der Waals surface area contributed by atoms with Gasteiger partial charge in [-0.2, -0.15) is 74.6 Å². The summed E-state index contributed by atoms with van der Waals surface area (Å²) in [7, 11) is 4.22. The monoisotopic (exact) mass is 2000 g/mol. The Labute approximate surface area is 828 Å². The molecule has 12 aliphatic heterocycles. The number of allylic oxidation sites excluding steroid dienone is 10. The molecule has 0 saturated carbocycles. The lowest BCUT2D eigenvalue weighted by molar-refractivity contribution is -0.287. The van der Waals surface area contributed by atoms with Crippen molar-refractivity contribution < 1.29 is 36.5 Å². The number of hydrogen-bond acceptors (Lipinski definition) is 31. The van der Waals surface area contributed by atoms with Crippen LogP contribution in [0.15, 0.2) is 184 Å². The van der Waals surface area contributed by atoms with E-state index in [2.05, 4.69) is 187 Å². The Morgan fingerprint density at radius 3 is 0.906 bits per heavy atom. The molecule has 19 heterocycles. The molecule has 139 heavy (non-hydrogen) atoms. The van der Waals surface area contributed by atoms with E-state index < -0.39 is 24.4 Å². The van der Waals surface area contributed by atoms with Gasteiger partial charge >= 0.3 is 12.6 Å². The first-order valence-electron chi connectivity index (χ1n) is 44.9. The molecule has 34 nitrogen and oxygen atoms in total. The second-order valence-corrected chi connectivity index (χ2v) is 36.1. The summed E-state index contributed by atoms with van der Waals surface area (Å²) in [4.78, 5) is 4.59. The molecule has 0 amide bonds. The van der Waals surface area contributed by atoms with Gasteiger partial charge in [-0.1, -0.05) is 66.7 Å². The van der Waals surface area contributed by atoms with Crippen molar-refractivity contribution in [1.82, 2.24) is 94.2 Å². The number of para-hydroxylation sites is 2. The first-order chi connectivity index (χ1) is 66.0. The highest BCUT2D eigenvalue weighted by molar-refractivity contribution is 7.00. The first-order valence-corrected chi connectivity index (χ1v) is 46.4. The van der Waals surface area contributed by atoms with E-state index in [1.165, 1.54) is 35.6 Å². The van der Waals surface area contributed by atoms with E-state index in [-0.39, 0.29) is 102 Å². The summed E-state index contributed by atoms with van der Waals surface area (Å²) in [5, 5.41) is 123. The third kappa shape index (κ3) is 19.2. The van der Waals surface area contributed by atoms with Gasteiger partial charge in [0.15, 0.2) is 23.0 Å². The number of nitrogens with zero attached hydrogens (tertiary/aromatic N) is 17. The Hall–Kier alpha value is -13.7. The maximum absolute atomic E-state index is 13.7. The summed E-state index contributed by atoms with van der Waals surface area (Å²) in [6, 6.07) is 43.4. The number of H-pyrrole nitrogens is 5. The summed E-state index contributed by atoms with van der Waals surface area (Å²) in [5.74, 6) is 3.38. The molecule has 0 radical (unpaired) electrons. The van der Waals surface area contributed by atoms with Gasteiger partial charge in [-0.25, -0.2) is 0 Å². The molecule has 5 unspecified atom stereocenters. The number of halogens is 8. The zero-order valence-electron chi connectivity index (χ0n) is 74.7. The van der Waals surface area contributed by atoms with E-state index in [9.17, 15) is 49.1 Å². The van der Waals surface area contributed by atoms with Gasteiger partial charge in [0.2, 0.25) is 0 Å². The number of anilines is 5. The van der Waals surface area contributed by atoms with Crippen molar-refractivity contribution in [1.29, 1.82) is 31.6 Å². The molecule has 44 heteroatoms. The molecule has 0 spiro atoms. The second-order valence-electron chi connectivity index (χ2n) is 35.1. The van der Waals surface area contributed by atoms with Crippen LogP contribution in [0, 0.1) is 97.6 Å². The van der Waals surface area contributed by atoms with Gasteiger partial charge in [-0.3, -0.25) is 25.5 Å². The van der Waals surface area contributed by atoms with Crippen LogP contribution in [-0.4, -0.2) is 170 Å². The van der Waals surface area contributed by atoms with Crippen LogP contribution in [0.5, 0.6) is 23.0 Å². The fourth-order valence-corrected chi connectivity index (χ4v) is 21.9. The molecule has 0 bridgehead atoms. The number of aromatic amines is 5. The Kier molecular flexibility index (Phi) is 30.0. The van der Waals surface area contributed by atoms with Crippen molar-refractivity contribution in [2.45, 2.75) is 106 Å². The molecule has 13 N–H and O–H groups in total. The highest BCUT2D eigenvalue weighted by atomic mass is 35.5. The van der Waals surface area contributed by atoms with Gasteiger partial charge in [0.1, 0.15) is 51.2 Å². The number of nitrogens with one attached hydrogen (secondary N) is 13. The minimum absolute atomic E-state index is 0. The molecular formula is C95H94Cl4F4N30O4S2. The molecule has 5 saturated heterocycles. The van der Waals surface area contributed by atoms with Crippen molar-refractivity contribution in [3.05, 3.63) is 246 Å². The minimum atomic E-state index is -3.72. The molecule has 716 valence electrons. The number of aromatic nitrogens is 14. The smallest absolute Gasteiger partial charge is 0.395 e. The van der Waals surface area contributed by atoms with Gasteiger partial charge in [0.25, 0.3) is 0 Å². The van der Waals surface area contributed by atoms with Crippen LogP contribution in [-0.2, 0) is 0 Å². The number of benzene rings is 5. The number of ether oxygens (including phenoxy) is 4. The van der Waals surface area contributed by atoms with Crippen LogP contribution in [0.25, 0.3) is 22.1 Å². The van der Waals surface area contributed by atoms with Crippen LogP contribution in [0.3, 0.4) is 0 Å². The number of fused-ring (bicyclic) bond motifs is 9. The largest absolute Gasteiger partial charge is 0.586 e. The van der Waals surface area contributed by atoms with Crippen molar-refractivity contribution in [3.8, 4) is 59.4 Å². The Balaban J connectivity index is 0.000000125. The maximum atomic E-state index is 13.7. The van der Waals surface area contributed by atoms with E-state index in [1.807, 2.05) is 60.9 Å². The van der Waals surface area contributed by atoms with Gasteiger partial charge in [-0.05, 0) is 191 Å². The number of likely N-dealkylation sites (tertiary alicyclic amines) is 2. The van der Waals surface area contributed by atoms with Gasteiger partial charge in [0.05, 0.1) is 154 Å². The van der Waals surface area contributed by atoms with E-state index in [4.69, 9.17) is 9.47 Å². The first kappa shape index (κ1) is 98.4. The second kappa shape index (κ2) is 42.3. The Morgan fingerprint density at radius 2 is 0.597 bits per heavy atom. The quantitative estimate of drug-likeness (QED) is 0.0566. The van der Waals surface area contributed by atoms with Crippen molar-refractivity contribution in [2.75, 3.05) is 106 Å². The summed E-state index contributed by atoms with van der Waals surface area (Å²) in [6.45, 7) is 9.51.